The van der Waals surface area contributed by atoms with Crippen molar-refractivity contribution in [2.45, 2.75) is 38.8 Å². The van der Waals surface area contributed by atoms with Crippen LogP contribution in [0, 0.1) is 0 Å². The first-order chi connectivity index (χ1) is 16.0. The Hall–Kier alpha value is -3.59. The van der Waals surface area contributed by atoms with Crippen LogP contribution in [0.4, 0.5) is 0 Å². The van der Waals surface area contributed by atoms with Gasteiger partial charge in [0.05, 0.1) is 6.54 Å². The van der Waals surface area contributed by atoms with Crippen LogP contribution in [0.15, 0.2) is 48.5 Å². The van der Waals surface area contributed by atoms with E-state index in [9.17, 15) is 9.59 Å². The van der Waals surface area contributed by atoms with Crippen molar-refractivity contribution in [3.63, 3.8) is 0 Å². The van der Waals surface area contributed by atoms with Crippen LogP contribution in [-0.2, 0) is 16.1 Å². The molecule has 0 aliphatic rings. The topological polar surface area (TPSA) is 116 Å². The van der Waals surface area contributed by atoms with Gasteiger partial charge in [-0.15, -0.1) is 5.10 Å². The monoisotopic (exact) mass is 449 g/mol. The molecule has 2 amide bonds. The van der Waals surface area contributed by atoms with Gasteiger partial charge in [0.1, 0.15) is 6.04 Å². The number of H-pyrrole nitrogens is 1. The van der Waals surface area contributed by atoms with Gasteiger partial charge < -0.3 is 15.5 Å². The zero-order chi connectivity index (χ0) is 23.6. The summed E-state index contributed by atoms with van der Waals surface area (Å²) in [7, 11) is 3.65. The fourth-order valence-corrected chi connectivity index (χ4v) is 3.53. The van der Waals surface area contributed by atoms with Crippen molar-refractivity contribution in [2.24, 2.45) is 0 Å². The standard InChI is InChI=1S/C24H31N7O2/c1-4-5-10-21(26-22(32)16-31(2)3)24(33)25-15-17-11-13-18(14-12-17)19-8-6-7-9-20(19)23-27-29-30-28-23/h6-9,11-14,21H,4-5,10,15-16H2,1-3H3,(H,25,33)(H,26,32)(H,27,28,29,30). The number of aromatic amines is 1. The molecular formula is C24H31N7O2. The Balaban J connectivity index is 1.64. The summed E-state index contributed by atoms with van der Waals surface area (Å²) < 4.78 is 0. The van der Waals surface area contributed by atoms with Crippen molar-refractivity contribution < 1.29 is 9.59 Å². The molecule has 1 aromatic heterocycles. The van der Waals surface area contributed by atoms with Crippen LogP contribution >= 0.6 is 0 Å². The highest BCUT2D eigenvalue weighted by Gasteiger charge is 2.20. The first-order valence-corrected chi connectivity index (χ1v) is 11.1. The summed E-state index contributed by atoms with van der Waals surface area (Å²) in [6.07, 6.45) is 2.45. The van der Waals surface area contributed by atoms with Crippen LogP contribution in [0.25, 0.3) is 22.5 Å². The predicted octanol–water partition coefficient (Wildman–Crippen LogP) is 2.39. The first kappa shape index (κ1) is 24.1. The number of nitrogens with one attached hydrogen (secondary N) is 3. The lowest BCUT2D eigenvalue weighted by molar-refractivity contribution is -0.129. The van der Waals surface area contributed by atoms with Gasteiger partial charge in [-0.1, -0.05) is 68.3 Å². The number of carbonyl (C=O) groups excluding carboxylic acids is 2. The highest BCUT2D eigenvalue weighted by atomic mass is 16.2. The quantitative estimate of drug-likeness (QED) is 0.414. The number of hydrogen-bond donors (Lipinski definition) is 3. The van der Waals surface area contributed by atoms with Gasteiger partial charge in [0.25, 0.3) is 0 Å². The lowest BCUT2D eigenvalue weighted by atomic mass is 9.98. The maximum atomic E-state index is 12.7. The van der Waals surface area contributed by atoms with Gasteiger partial charge in [-0.05, 0) is 47.6 Å². The van der Waals surface area contributed by atoms with Gasteiger partial charge in [0.15, 0.2) is 5.82 Å². The number of amides is 2. The third-order valence-corrected chi connectivity index (χ3v) is 5.22. The molecule has 174 valence electrons. The molecule has 9 nitrogen and oxygen atoms in total. The second-order valence-electron chi connectivity index (χ2n) is 8.21. The van der Waals surface area contributed by atoms with Crippen molar-refractivity contribution in [3.8, 4) is 22.5 Å². The molecule has 0 radical (unpaired) electrons. The van der Waals surface area contributed by atoms with E-state index in [1.54, 1.807) is 4.90 Å². The maximum Gasteiger partial charge on any atom is 0.242 e. The van der Waals surface area contributed by atoms with E-state index >= 15 is 0 Å². The van der Waals surface area contributed by atoms with Crippen LogP contribution in [0.5, 0.6) is 0 Å². The van der Waals surface area contributed by atoms with E-state index in [0.29, 0.717) is 18.8 Å². The van der Waals surface area contributed by atoms with Gasteiger partial charge in [-0.25, -0.2) is 5.10 Å². The van der Waals surface area contributed by atoms with Crippen LogP contribution in [0.1, 0.15) is 31.7 Å². The molecule has 0 aliphatic heterocycles. The van der Waals surface area contributed by atoms with Gasteiger partial charge in [0.2, 0.25) is 11.8 Å². The molecular weight excluding hydrogens is 418 g/mol. The Labute approximate surface area is 194 Å². The van der Waals surface area contributed by atoms with Crippen molar-refractivity contribution in [3.05, 3.63) is 54.1 Å². The third-order valence-electron chi connectivity index (χ3n) is 5.22. The summed E-state index contributed by atoms with van der Waals surface area (Å²) in [6.45, 7) is 2.71. The Morgan fingerprint density at radius 1 is 1.06 bits per heavy atom. The molecule has 0 aliphatic carbocycles. The first-order valence-electron chi connectivity index (χ1n) is 11.1. The molecule has 9 heteroatoms. The molecule has 0 saturated heterocycles. The highest BCUT2D eigenvalue weighted by Crippen LogP contribution is 2.29. The van der Waals surface area contributed by atoms with E-state index in [4.69, 9.17) is 0 Å². The Morgan fingerprint density at radius 2 is 1.79 bits per heavy atom. The van der Waals surface area contributed by atoms with E-state index in [1.165, 1.54) is 0 Å². The number of rotatable bonds is 11. The van der Waals surface area contributed by atoms with Crippen molar-refractivity contribution in [1.82, 2.24) is 36.2 Å². The lowest BCUT2D eigenvalue weighted by Crippen LogP contribution is -2.48. The molecule has 1 unspecified atom stereocenters. The molecule has 3 N–H and O–H groups in total. The molecule has 1 heterocycles. The molecule has 3 aromatic rings. The largest absolute Gasteiger partial charge is 0.350 e. The van der Waals surface area contributed by atoms with Crippen LogP contribution in [0.3, 0.4) is 0 Å². The normalized spacial score (nSPS) is 11.9. The fraction of sp³-hybridized carbons (Fsp3) is 0.375. The van der Waals surface area contributed by atoms with Gasteiger partial charge in [-0.2, -0.15) is 0 Å². The fourth-order valence-electron chi connectivity index (χ4n) is 3.53. The molecule has 0 fully saturated rings. The van der Waals surface area contributed by atoms with Crippen LogP contribution in [-0.4, -0.2) is 64.0 Å². The van der Waals surface area contributed by atoms with Crippen molar-refractivity contribution in [1.29, 1.82) is 0 Å². The summed E-state index contributed by atoms with van der Waals surface area (Å²) >= 11 is 0. The molecule has 0 spiro atoms. The number of nitrogens with zero attached hydrogens (tertiary/aromatic N) is 4. The summed E-state index contributed by atoms with van der Waals surface area (Å²) in [5, 5.41) is 20.0. The summed E-state index contributed by atoms with van der Waals surface area (Å²) in [6, 6.07) is 15.4. The predicted molar refractivity (Wildman–Crippen MR) is 127 cm³/mol. The van der Waals surface area contributed by atoms with E-state index in [2.05, 4.69) is 38.2 Å². The SMILES string of the molecule is CCCCC(NC(=O)CN(C)C)C(=O)NCc1ccc(-c2ccccc2-c2nnn[nH]2)cc1. The number of carbonyl (C=O) groups is 2. The molecule has 0 bridgehead atoms. The van der Waals surface area contributed by atoms with E-state index in [0.717, 1.165) is 35.1 Å². The van der Waals surface area contributed by atoms with E-state index in [1.807, 2.05) is 62.6 Å². The van der Waals surface area contributed by atoms with Crippen molar-refractivity contribution in [2.75, 3.05) is 20.6 Å². The molecule has 1 atom stereocenters. The zero-order valence-corrected chi connectivity index (χ0v) is 19.3. The molecule has 3 rings (SSSR count). The van der Waals surface area contributed by atoms with Crippen LogP contribution in [0.2, 0.25) is 0 Å². The van der Waals surface area contributed by atoms with Gasteiger partial charge in [-0.3, -0.25) is 9.59 Å². The minimum atomic E-state index is -0.529. The summed E-state index contributed by atoms with van der Waals surface area (Å²) in [4.78, 5) is 26.7. The molecule has 2 aromatic carbocycles. The minimum Gasteiger partial charge on any atom is -0.350 e. The second kappa shape index (κ2) is 11.9. The van der Waals surface area contributed by atoms with Gasteiger partial charge in [0, 0.05) is 12.1 Å². The Kier molecular flexibility index (Phi) is 8.65. The number of aromatic nitrogens is 4. The van der Waals surface area contributed by atoms with E-state index < -0.39 is 6.04 Å². The number of benzene rings is 2. The smallest absolute Gasteiger partial charge is 0.242 e. The molecule has 0 saturated carbocycles. The number of tetrazole rings is 1. The minimum absolute atomic E-state index is 0.152. The number of hydrogen-bond acceptors (Lipinski definition) is 6. The van der Waals surface area contributed by atoms with Crippen LogP contribution < -0.4 is 10.6 Å². The average Bonchev–Trinajstić information content (AvgIpc) is 3.35. The second-order valence-corrected chi connectivity index (χ2v) is 8.21. The maximum absolute atomic E-state index is 12.7. The number of unbranched alkanes of at least 4 members (excludes halogenated alkanes) is 1. The van der Waals surface area contributed by atoms with Gasteiger partial charge >= 0.3 is 0 Å². The zero-order valence-electron chi connectivity index (χ0n) is 19.3. The summed E-state index contributed by atoms with van der Waals surface area (Å²) in [5.41, 5.74) is 3.92. The average molecular weight is 450 g/mol. The van der Waals surface area contributed by atoms with Crippen molar-refractivity contribution >= 4 is 11.8 Å². The Bertz CT molecular complexity index is 1030. The lowest BCUT2D eigenvalue weighted by Gasteiger charge is -2.19. The van der Waals surface area contributed by atoms with E-state index in [-0.39, 0.29) is 18.4 Å². The highest BCUT2D eigenvalue weighted by molar-refractivity contribution is 5.88. The molecule has 33 heavy (non-hydrogen) atoms. The Morgan fingerprint density at radius 3 is 2.42 bits per heavy atom. The summed E-state index contributed by atoms with van der Waals surface area (Å²) in [5.74, 6) is 0.292. The third kappa shape index (κ3) is 6.95. The number of likely N-dealkylation sites (N-methyl/N-ethyl adjacent to an activating group) is 1.